The second kappa shape index (κ2) is 12.2. The summed E-state index contributed by atoms with van der Waals surface area (Å²) in [4.78, 5) is 20.2. The number of hydrogen-bond acceptors (Lipinski definition) is 5. The van der Waals surface area contributed by atoms with Crippen molar-refractivity contribution in [2.75, 3.05) is 12.8 Å². The third kappa shape index (κ3) is 8.75. The molecule has 5 N–H and O–H groups in total. The van der Waals surface area contributed by atoms with E-state index in [4.69, 9.17) is 31.9 Å². The first-order chi connectivity index (χ1) is 16.2. The van der Waals surface area contributed by atoms with Crippen LogP contribution in [0.5, 0.6) is 5.75 Å². The molecular formula is C25H29ClNO5PS. The smallest absolute Gasteiger partial charge is 0.325 e. The number of halogens is 1. The van der Waals surface area contributed by atoms with Gasteiger partial charge in [0.25, 0.3) is 0 Å². The molecule has 0 aromatic heterocycles. The molecule has 1 atom stereocenters. The molecule has 0 aliphatic carbocycles. The molecule has 0 amide bonds. The van der Waals surface area contributed by atoms with Crippen molar-refractivity contribution in [1.29, 1.82) is 0 Å². The Morgan fingerprint density at radius 2 is 1.65 bits per heavy atom. The van der Waals surface area contributed by atoms with Gasteiger partial charge in [-0.1, -0.05) is 59.8 Å². The lowest BCUT2D eigenvalue weighted by atomic mass is 9.90. The van der Waals surface area contributed by atoms with Crippen molar-refractivity contribution in [3.8, 4) is 5.75 Å². The van der Waals surface area contributed by atoms with Gasteiger partial charge < -0.3 is 25.4 Å². The molecule has 3 aromatic carbocycles. The van der Waals surface area contributed by atoms with Gasteiger partial charge in [-0.25, -0.2) is 0 Å². The summed E-state index contributed by atoms with van der Waals surface area (Å²) in [5.74, 6) is 0.800. The molecule has 0 aliphatic rings. The monoisotopic (exact) mass is 521 g/mol. The fourth-order valence-electron chi connectivity index (χ4n) is 3.31. The quantitative estimate of drug-likeness (QED) is 0.240. The van der Waals surface area contributed by atoms with E-state index in [1.807, 2.05) is 72.8 Å². The first-order valence-corrected chi connectivity index (χ1v) is 13.8. The molecule has 0 heterocycles. The van der Waals surface area contributed by atoms with Gasteiger partial charge in [-0.05, 0) is 66.8 Å². The maximum absolute atomic E-state index is 11.1. The third-order valence-electron chi connectivity index (χ3n) is 5.44. The van der Waals surface area contributed by atoms with Gasteiger partial charge in [0, 0.05) is 20.4 Å². The predicted octanol–water partition coefficient (Wildman–Crippen LogP) is 5.26. The molecular weight excluding hydrogens is 493 g/mol. The van der Waals surface area contributed by atoms with Crippen molar-refractivity contribution in [1.82, 2.24) is 0 Å². The van der Waals surface area contributed by atoms with Gasteiger partial charge in [0.1, 0.15) is 12.4 Å². The van der Waals surface area contributed by atoms with Gasteiger partial charge in [-0.2, -0.15) is 0 Å². The predicted molar refractivity (Wildman–Crippen MR) is 137 cm³/mol. The summed E-state index contributed by atoms with van der Waals surface area (Å²) in [6.07, 6.45) is 0.531. The molecule has 0 spiro atoms. The Morgan fingerprint density at radius 3 is 2.26 bits per heavy atom. The first kappa shape index (κ1) is 26.8. The summed E-state index contributed by atoms with van der Waals surface area (Å²) in [5.41, 5.74) is 7.07. The zero-order chi connectivity index (χ0) is 24.6. The lowest BCUT2D eigenvalue weighted by Gasteiger charge is -2.27. The van der Waals surface area contributed by atoms with Gasteiger partial charge in [0.05, 0.1) is 12.8 Å². The van der Waals surface area contributed by atoms with Crippen LogP contribution < -0.4 is 10.5 Å². The second-order valence-electron chi connectivity index (χ2n) is 8.26. The molecule has 9 heteroatoms. The Balaban J connectivity index is 1.54. The first-order valence-electron chi connectivity index (χ1n) is 10.8. The standard InChI is InChI=1S/C25H29ClNO5PS/c26-24-16-23(9-6-20(24)12-13-25(27,18-28)14-15-33(29,30)31)34-22-10-7-21(8-11-22)32-17-19-4-2-1-3-5-19/h1-11,16,28H,12-15,17-18,27H2,(H2,29,30,31). The van der Waals surface area contributed by atoms with Crippen LogP contribution in [0.2, 0.25) is 5.02 Å². The van der Waals surface area contributed by atoms with E-state index in [-0.39, 0.29) is 19.2 Å². The highest BCUT2D eigenvalue weighted by Crippen LogP contribution is 2.37. The summed E-state index contributed by atoms with van der Waals surface area (Å²) >= 11 is 8.06. The van der Waals surface area contributed by atoms with Crippen LogP contribution in [0.4, 0.5) is 0 Å². The number of benzene rings is 3. The molecule has 182 valence electrons. The number of aryl methyl sites for hydroxylation is 1. The largest absolute Gasteiger partial charge is 0.489 e. The summed E-state index contributed by atoms with van der Waals surface area (Å²) in [5, 5.41) is 10.2. The molecule has 0 saturated carbocycles. The van der Waals surface area contributed by atoms with E-state index < -0.39 is 13.1 Å². The van der Waals surface area contributed by atoms with Crippen LogP contribution in [-0.2, 0) is 17.6 Å². The van der Waals surface area contributed by atoms with Gasteiger partial charge in [-0.15, -0.1) is 0 Å². The third-order valence-corrected chi connectivity index (χ3v) is 7.60. The zero-order valence-electron chi connectivity index (χ0n) is 18.6. The summed E-state index contributed by atoms with van der Waals surface area (Å²) in [7, 11) is -4.17. The molecule has 34 heavy (non-hydrogen) atoms. The fraction of sp³-hybridized carbons (Fsp3) is 0.280. The minimum Gasteiger partial charge on any atom is -0.489 e. The Hall–Kier alpha value is -1.83. The lowest BCUT2D eigenvalue weighted by Crippen LogP contribution is -2.44. The van der Waals surface area contributed by atoms with Crippen LogP contribution >= 0.6 is 31.0 Å². The summed E-state index contributed by atoms with van der Waals surface area (Å²) in [6, 6.07) is 23.6. The van der Waals surface area contributed by atoms with Crippen LogP contribution in [-0.4, -0.2) is 33.2 Å². The molecule has 3 rings (SSSR count). The van der Waals surface area contributed by atoms with Gasteiger partial charge >= 0.3 is 7.60 Å². The topological polar surface area (TPSA) is 113 Å². The van der Waals surface area contributed by atoms with E-state index in [0.717, 1.165) is 26.7 Å². The Labute approximate surface area is 209 Å². The van der Waals surface area contributed by atoms with Crippen molar-refractivity contribution >= 4 is 31.0 Å². The van der Waals surface area contributed by atoms with E-state index in [0.29, 0.717) is 24.5 Å². The van der Waals surface area contributed by atoms with Crippen LogP contribution in [0, 0.1) is 0 Å². The number of ether oxygens (including phenoxy) is 1. The van der Waals surface area contributed by atoms with Crippen LogP contribution in [0.1, 0.15) is 24.0 Å². The maximum atomic E-state index is 11.1. The second-order valence-corrected chi connectivity index (χ2v) is 11.6. The average Bonchev–Trinajstić information content (AvgIpc) is 2.82. The van der Waals surface area contributed by atoms with E-state index >= 15 is 0 Å². The molecule has 1 unspecified atom stereocenters. The van der Waals surface area contributed by atoms with E-state index in [2.05, 4.69) is 0 Å². The normalized spacial score (nSPS) is 13.4. The summed E-state index contributed by atoms with van der Waals surface area (Å²) < 4.78 is 17.0. The van der Waals surface area contributed by atoms with Crippen molar-refractivity contribution in [3.05, 3.63) is 88.9 Å². The molecule has 0 radical (unpaired) electrons. The molecule has 0 aliphatic heterocycles. The van der Waals surface area contributed by atoms with Crippen molar-refractivity contribution in [2.45, 2.75) is 41.2 Å². The molecule has 0 saturated heterocycles. The van der Waals surface area contributed by atoms with Gasteiger partial charge in [0.2, 0.25) is 0 Å². The zero-order valence-corrected chi connectivity index (χ0v) is 21.1. The van der Waals surface area contributed by atoms with Crippen LogP contribution in [0.25, 0.3) is 0 Å². The number of aliphatic hydroxyl groups is 1. The van der Waals surface area contributed by atoms with Crippen molar-refractivity contribution in [3.63, 3.8) is 0 Å². The van der Waals surface area contributed by atoms with E-state index in [1.54, 1.807) is 11.8 Å². The number of hydrogen-bond donors (Lipinski definition) is 4. The van der Waals surface area contributed by atoms with Crippen LogP contribution in [0.15, 0.2) is 82.6 Å². The number of aliphatic hydroxyl groups excluding tert-OH is 1. The molecule has 3 aromatic rings. The Bertz CT molecular complexity index is 1110. The summed E-state index contributed by atoms with van der Waals surface area (Å²) in [6.45, 7) is 0.160. The minimum absolute atomic E-state index is 0.0321. The van der Waals surface area contributed by atoms with Crippen molar-refractivity contribution in [2.24, 2.45) is 5.73 Å². The van der Waals surface area contributed by atoms with E-state index in [1.165, 1.54) is 0 Å². The maximum Gasteiger partial charge on any atom is 0.325 e. The van der Waals surface area contributed by atoms with Crippen LogP contribution in [0.3, 0.4) is 0 Å². The molecule has 0 fully saturated rings. The van der Waals surface area contributed by atoms with Gasteiger partial charge in [-0.3, -0.25) is 4.57 Å². The number of nitrogens with two attached hydrogens (primary N) is 1. The Kier molecular flexibility index (Phi) is 9.63. The highest BCUT2D eigenvalue weighted by molar-refractivity contribution is 7.99. The van der Waals surface area contributed by atoms with E-state index in [9.17, 15) is 9.67 Å². The fourth-order valence-corrected chi connectivity index (χ4v) is 5.24. The number of rotatable bonds is 12. The lowest BCUT2D eigenvalue weighted by molar-refractivity contribution is 0.181. The Morgan fingerprint density at radius 1 is 0.971 bits per heavy atom. The molecule has 6 nitrogen and oxygen atoms in total. The molecule has 0 bridgehead atoms. The highest BCUT2D eigenvalue weighted by atomic mass is 35.5. The SMILES string of the molecule is NC(CO)(CCc1ccc(Sc2ccc(OCc3ccccc3)cc2)cc1Cl)CCP(=O)(O)O. The van der Waals surface area contributed by atoms with Crippen molar-refractivity contribution < 1.29 is 24.2 Å². The highest BCUT2D eigenvalue weighted by Gasteiger charge is 2.28. The average molecular weight is 522 g/mol. The van der Waals surface area contributed by atoms with Gasteiger partial charge in [0.15, 0.2) is 0 Å². The minimum atomic E-state index is -4.17.